The van der Waals surface area contributed by atoms with Gasteiger partial charge in [0.25, 0.3) is 5.91 Å². The Morgan fingerprint density at radius 2 is 1.52 bits per heavy atom. The Morgan fingerprint density at radius 1 is 0.931 bits per heavy atom. The molecule has 0 spiro atoms. The maximum absolute atomic E-state index is 13.3. The van der Waals surface area contributed by atoms with Gasteiger partial charge in [-0.1, -0.05) is 72.1 Å². The number of hydrogen-bond acceptors (Lipinski definition) is 3. The van der Waals surface area contributed by atoms with Crippen LogP contribution in [0.4, 0.5) is 8.78 Å². The van der Waals surface area contributed by atoms with Gasteiger partial charge in [-0.2, -0.15) is 0 Å². The van der Waals surface area contributed by atoms with Crippen molar-refractivity contribution >= 4 is 11.9 Å². The van der Waals surface area contributed by atoms with Crippen molar-refractivity contribution in [2.75, 3.05) is 6.61 Å². The Bertz CT molecular complexity index is 635. The summed E-state index contributed by atoms with van der Waals surface area (Å²) in [6.45, 7) is 6.10. The number of benzene rings is 1. The summed E-state index contributed by atoms with van der Waals surface area (Å²) >= 11 is 0. The van der Waals surface area contributed by atoms with Crippen LogP contribution in [-0.2, 0) is 9.53 Å². The lowest BCUT2D eigenvalue weighted by molar-refractivity contribution is -0.147. The van der Waals surface area contributed by atoms with Crippen LogP contribution in [0, 0.1) is 17.6 Å². The van der Waals surface area contributed by atoms with Gasteiger partial charge in [0.1, 0.15) is 6.04 Å². The van der Waals surface area contributed by atoms with E-state index >= 15 is 0 Å². The lowest BCUT2D eigenvalue weighted by Crippen LogP contribution is -2.45. The van der Waals surface area contributed by atoms with Crippen LogP contribution < -0.4 is 5.32 Å². The van der Waals surface area contributed by atoms with E-state index in [4.69, 9.17) is 4.74 Å². The van der Waals surface area contributed by atoms with Crippen molar-refractivity contribution < 1.29 is 23.1 Å². The molecule has 1 rings (SSSR count). The van der Waals surface area contributed by atoms with Gasteiger partial charge in [0, 0.05) is 5.56 Å². The molecule has 1 N–H and O–H groups in total. The number of rotatable bonds is 14. The fourth-order valence-corrected chi connectivity index (χ4v) is 3.03. The summed E-state index contributed by atoms with van der Waals surface area (Å²) in [5.41, 5.74) is -0.0405. The summed E-state index contributed by atoms with van der Waals surface area (Å²) in [4.78, 5) is 24.6. The molecule has 0 heterocycles. The summed E-state index contributed by atoms with van der Waals surface area (Å²) < 4.78 is 31.7. The predicted octanol–water partition coefficient (Wildman–Crippen LogP) is 5.79. The number of hydrogen-bond donors (Lipinski definition) is 1. The normalized spacial score (nSPS) is 12.1. The Labute approximate surface area is 173 Å². The smallest absolute Gasteiger partial charge is 0.328 e. The molecular weight excluding hydrogens is 376 g/mol. The molecule has 0 saturated heterocycles. The molecule has 0 bridgehead atoms. The van der Waals surface area contributed by atoms with E-state index in [9.17, 15) is 18.4 Å². The van der Waals surface area contributed by atoms with Crippen molar-refractivity contribution in [1.82, 2.24) is 5.32 Å². The molecule has 0 aliphatic carbocycles. The third kappa shape index (κ3) is 9.86. The third-order valence-corrected chi connectivity index (χ3v) is 4.88. The van der Waals surface area contributed by atoms with E-state index in [2.05, 4.69) is 12.2 Å². The number of carbonyl (C=O) groups is 2. The van der Waals surface area contributed by atoms with Crippen LogP contribution in [0.1, 0.15) is 88.9 Å². The fraction of sp³-hybridized carbons (Fsp3) is 0.652. The van der Waals surface area contributed by atoms with Crippen LogP contribution >= 0.6 is 0 Å². The zero-order valence-corrected chi connectivity index (χ0v) is 17.9. The second-order valence-corrected chi connectivity index (χ2v) is 7.82. The first-order valence-corrected chi connectivity index (χ1v) is 10.8. The summed E-state index contributed by atoms with van der Waals surface area (Å²) in [7, 11) is 0. The number of halogens is 2. The van der Waals surface area contributed by atoms with Crippen LogP contribution in [0.5, 0.6) is 0 Å². The maximum atomic E-state index is 13.3. The number of carbonyl (C=O) groups excluding carboxylic acids is 2. The standard InChI is InChI=1S/C23H35F2NO3/c1-4-5-6-7-8-9-10-11-12-15-29-23(28)21(17(2)3)26-22(27)18-13-14-19(24)20(25)16-18/h13-14,16-17,21H,4-12,15H2,1-3H3,(H,26,27). The third-order valence-electron chi connectivity index (χ3n) is 4.88. The number of esters is 1. The van der Waals surface area contributed by atoms with Crippen LogP contribution in [0.25, 0.3) is 0 Å². The van der Waals surface area contributed by atoms with E-state index in [-0.39, 0.29) is 11.5 Å². The Balaban J connectivity index is 2.33. The van der Waals surface area contributed by atoms with Crippen molar-refractivity contribution in [3.05, 3.63) is 35.4 Å². The van der Waals surface area contributed by atoms with Crippen molar-refractivity contribution in [3.63, 3.8) is 0 Å². The lowest BCUT2D eigenvalue weighted by Gasteiger charge is -2.21. The van der Waals surface area contributed by atoms with Crippen molar-refractivity contribution in [2.45, 2.75) is 84.6 Å². The minimum absolute atomic E-state index is 0.0405. The van der Waals surface area contributed by atoms with Gasteiger partial charge >= 0.3 is 5.97 Å². The van der Waals surface area contributed by atoms with Gasteiger partial charge in [-0.3, -0.25) is 4.79 Å². The molecule has 1 aromatic carbocycles. The van der Waals surface area contributed by atoms with Crippen molar-refractivity contribution in [1.29, 1.82) is 0 Å². The summed E-state index contributed by atoms with van der Waals surface area (Å²) in [6, 6.07) is 2.04. The molecule has 0 aromatic heterocycles. The van der Waals surface area contributed by atoms with Crippen molar-refractivity contribution in [3.8, 4) is 0 Å². The van der Waals surface area contributed by atoms with Crippen LogP contribution in [0.15, 0.2) is 18.2 Å². The minimum atomic E-state index is -1.10. The van der Waals surface area contributed by atoms with Gasteiger partial charge in [0.15, 0.2) is 11.6 Å². The van der Waals surface area contributed by atoms with Gasteiger partial charge < -0.3 is 10.1 Å². The first-order valence-electron chi connectivity index (χ1n) is 10.8. The Hall–Kier alpha value is -1.98. The van der Waals surface area contributed by atoms with Gasteiger partial charge in [-0.25, -0.2) is 13.6 Å². The molecule has 0 fully saturated rings. The molecular formula is C23H35F2NO3. The zero-order valence-electron chi connectivity index (χ0n) is 17.9. The van der Waals surface area contributed by atoms with E-state index < -0.39 is 29.6 Å². The second-order valence-electron chi connectivity index (χ2n) is 7.82. The van der Waals surface area contributed by atoms with Gasteiger partial charge in [-0.05, 0) is 30.5 Å². The highest BCUT2D eigenvalue weighted by atomic mass is 19.2. The number of ether oxygens (including phenoxy) is 1. The molecule has 4 nitrogen and oxygen atoms in total. The molecule has 1 aromatic rings. The molecule has 1 amide bonds. The van der Waals surface area contributed by atoms with Crippen molar-refractivity contribution in [2.24, 2.45) is 5.92 Å². The van der Waals surface area contributed by atoms with Gasteiger partial charge in [0.2, 0.25) is 0 Å². The lowest BCUT2D eigenvalue weighted by atomic mass is 10.0. The number of nitrogens with one attached hydrogen (secondary N) is 1. The van der Waals surface area contributed by atoms with Gasteiger partial charge in [-0.15, -0.1) is 0 Å². The summed E-state index contributed by atoms with van der Waals surface area (Å²) in [6.07, 6.45) is 10.5. The fourth-order valence-electron chi connectivity index (χ4n) is 3.03. The van der Waals surface area contributed by atoms with Gasteiger partial charge in [0.05, 0.1) is 6.61 Å². The predicted molar refractivity (Wildman–Crippen MR) is 111 cm³/mol. The minimum Gasteiger partial charge on any atom is -0.464 e. The number of amides is 1. The topological polar surface area (TPSA) is 55.4 Å². The largest absolute Gasteiger partial charge is 0.464 e. The molecule has 0 saturated carbocycles. The van der Waals surface area contributed by atoms with E-state index in [0.29, 0.717) is 6.61 Å². The average molecular weight is 412 g/mol. The van der Waals surface area contributed by atoms with E-state index in [1.807, 2.05) is 0 Å². The highest BCUT2D eigenvalue weighted by Crippen LogP contribution is 2.12. The molecule has 0 aliphatic rings. The monoisotopic (exact) mass is 411 g/mol. The molecule has 164 valence electrons. The molecule has 6 heteroatoms. The summed E-state index contributed by atoms with van der Waals surface area (Å²) in [5, 5.41) is 2.56. The second kappa shape index (κ2) is 14.1. The van der Waals surface area contributed by atoms with E-state index in [0.717, 1.165) is 31.4 Å². The maximum Gasteiger partial charge on any atom is 0.328 e. The molecule has 1 unspecified atom stereocenters. The van der Waals surface area contributed by atoms with Crippen LogP contribution in [0.3, 0.4) is 0 Å². The zero-order chi connectivity index (χ0) is 21.6. The Morgan fingerprint density at radius 3 is 2.07 bits per heavy atom. The first-order chi connectivity index (χ1) is 13.9. The van der Waals surface area contributed by atoms with Crippen LogP contribution in [0.2, 0.25) is 0 Å². The molecule has 1 atom stereocenters. The first kappa shape index (κ1) is 25.1. The SMILES string of the molecule is CCCCCCCCCCCOC(=O)C(NC(=O)c1ccc(F)c(F)c1)C(C)C. The highest BCUT2D eigenvalue weighted by molar-refractivity contribution is 5.96. The highest BCUT2D eigenvalue weighted by Gasteiger charge is 2.26. The Kier molecular flexibility index (Phi) is 12.2. The van der Waals surface area contributed by atoms with E-state index in [1.54, 1.807) is 13.8 Å². The summed E-state index contributed by atoms with van der Waals surface area (Å²) in [5.74, 6) is -3.47. The molecule has 29 heavy (non-hydrogen) atoms. The molecule has 0 radical (unpaired) electrons. The quantitative estimate of drug-likeness (QED) is 0.311. The number of unbranched alkanes of at least 4 members (excludes halogenated alkanes) is 8. The van der Waals surface area contributed by atoms with E-state index in [1.165, 1.54) is 44.6 Å². The molecule has 0 aliphatic heterocycles. The average Bonchev–Trinajstić information content (AvgIpc) is 2.69. The van der Waals surface area contributed by atoms with Crippen LogP contribution in [-0.4, -0.2) is 24.5 Å².